The zero-order valence-corrected chi connectivity index (χ0v) is 8.74. The number of nitrogens with two attached hydrogens (primary N) is 1. The number of hydrogen-bond acceptors (Lipinski definition) is 7. The van der Waals surface area contributed by atoms with Gasteiger partial charge in [0, 0.05) is 5.56 Å². The molecule has 0 fully saturated rings. The Balaban J connectivity index is 2.33. The van der Waals surface area contributed by atoms with Crippen LogP contribution in [0.25, 0.3) is 11.4 Å². The molecule has 90 valence electrons. The quantitative estimate of drug-likeness (QED) is 0.559. The molecule has 0 aliphatic rings. The Kier molecular flexibility index (Phi) is 2.94. The number of aromatic hydroxyl groups is 2. The summed E-state index contributed by atoms with van der Waals surface area (Å²) < 4.78 is 4.85. The third-order valence-corrected chi connectivity index (χ3v) is 2.19. The molecule has 1 aromatic carbocycles. The van der Waals surface area contributed by atoms with Crippen molar-refractivity contribution >= 4 is 0 Å². The molecule has 1 aromatic heterocycles. The standard InChI is InChI=1S/C10H11N3O4/c11-6(4-14)10-12-9(13-17-10)5-1-2-7(15)8(16)3-5/h1-3,6,14-16H,4,11H2. The molecule has 0 saturated heterocycles. The highest BCUT2D eigenvalue weighted by atomic mass is 16.5. The lowest BCUT2D eigenvalue weighted by atomic mass is 10.2. The third kappa shape index (κ3) is 2.19. The maximum atomic E-state index is 9.32. The summed E-state index contributed by atoms with van der Waals surface area (Å²) in [5, 5.41) is 31.0. The van der Waals surface area contributed by atoms with Crippen LogP contribution in [0.3, 0.4) is 0 Å². The summed E-state index contributed by atoms with van der Waals surface area (Å²) in [6, 6.07) is 3.40. The fraction of sp³-hybridized carbons (Fsp3) is 0.200. The number of benzene rings is 1. The maximum absolute atomic E-state index is 9.32. The number of rotatable bonds is 3. The van der Waals surface area contributed by atoms with Gasteiger partial charge in [-0.3, -0.25) is 0 Å². The summed E-state index contributed by atoms with van der Waals surface area (Å²) in [4.78, 5) is 3.97. The van der Waals surface area contributed by atoms with E-state index in [1.807, 2.05) is 0 Å². The highest BCUT2D eigenvalue weighted by molar-refractivity contribution is 5.59. The van der Waals surface area contributed by atoms with Crippen LogP contribution in [-0.2, 0) is 0 Å². The van der Waals surface area contributed by atoms with E-state index in [1.165, 1.54) is 18.2 Å². The SMILES string of the molecule is NC(CO)c1nc(-c2ccc(O)c(O)c2)no1. The monoisotopic (exact) mass is 237 g/mol. The van der Waals surface area contributed by atoms with E-state index in [0.29, 0.717) is 5.56 Å². The van der Waals surface area contributed by atoms with Crippen LogP contribution in [0.4, 0.5) is 0 Å². The molecule has 0 aliphatic carbocycles. The van der Waals surface area contributed by atoms with E-state index in [2.05, 4.69) is 10.1 Å². The summed E-state index contributed by atoms with van der Waals surface area (Å²) in [5.41, 5.74) is 5.98. The van der Waals surface area contributed by atoms with Gasteiger partial charge in [-0.2, -0.15) is 4.98 Å². The number of aromatic nitrogens is 2. The molecule has 5 N–H and O–H groups in total. The lowest BCUT2D eigenvalue weighted by molar-refractivity contribution is 0.237. The van der Waals surface area contributed by atoms with Gasteiger partial charge in [0.1, 0.15) is 6.04 Å². The first-order valence-corrected chi connectivity index (χ1v) is 4.84. The molecule has 0 aliphatic heterocycles. The summed E-state index contributed by atoms with van der Waals surface area (Å²) >= 11 is 0. The van der Waals surface area contributed by atoms with E-state index in [9.17, 15) is 5.11 Å². The first-order valence-electron chi connectivity index (χ1n) is 4.84. The van der Waals surface area contributed by atoms with Crippen molar-refractivity contribution in [3.05, 3.63) is 24.1 Å². The van der Waals surface area contributed by atoms with Gasteiger partial charge in [-0.05, 0) is 18.2 Å². The topological polar surface area (TPSA) is 126 Å². The number of phenolic OH excluding ortho intramolecular Hbond substituents is 2. The van der Waals surface area contributed by atoms with Gasteiger partial charge in [0.05, 0.1) is 6.61 Å². The summed E-state index contributed by atoms with van der Waals surface area (Å²) in [6.07, 6.45) is 0. The fourth-order valence-corrected chi connectivity index (χ4v) is 1.24. The molecule has 7 heteroatoms. The van der Waals surface area contributed by atoms with E-state index in [-0.39, 0.29) is 29.8 Å². The van der Waals surface area contributed by atoms with E-state index in [0.717, 1.165) is 0 Å². The second-order valence-corrected chi connectivity index (χ2v) is 3.45. The molecular formula is C10H11N3O4. The number of hydrogen-bond donors (Lipinski definition) is 4. The molecule has 0 spiro atoms. The highest BCUT2D eigenvalue weighted by Crippen LogP contribution is 2.29. The minimum Gasteiger partial charge on any atom is -0.504 e. The molecular weight excluding hydrogens is 226 g/mol. The van der Waals surface area contributed by atoms with Crippen molar-refractivity contribution in [3.8, 4) is 22.9 Å². The van der Waals surface area contributed by atoms with Crippen molar-refractivity contribution in [3.63, 3.8) is 0 Å². The van der Waals surface area contributed by atoms with Crippen LogP contribution in [0.1, 0.15) is 11.9 Å². The molecule has 2 rings (SSSR count). The summed E-state index contributed by atoms with van der Waals surface area (Å²) in [7, 11) is 0. The van der Waals surface area contributed by atoms with Crippen molar-refractivity contribution in [2.24, 2.45) is 5.73 Å². The molecule has 2 aromatic rings. The normalized spacial score (nSPS) is 12.6. The molecule has 0 radical (unpaired) electrons. The Bertz CT molecular complexity index is 526. The molecule has 0 amide bonds. The largest absolute Gasteiger partial charge is 0.504 e. The van der Waals surface area contributed by atoms with Gasteiger partial charge in [0.25, 0.3) is 0 Å². The predicted molar refractivity (Wildman–Crippen MR) is 57.1 cm³/mol. The number of phenols is 2. The van der Waals surface area contributed by atoms with Crippen LogP contribution in [0.2, 0.25) is 0 Å². The van der Waals surface area contributed by atoms with Crippen molar-refractivity contribution in [1.29, 1.82) is 0 Å². The Hall–Kier alpha value is -2.12. The predicted octanol–water partition coefficient (Wildman–Crippen LogP) is 0.140. The van der Waals surface area contributed by atoms with E-state index in [1.54, 1.807) is 0 Å². The lowest BCUT2D eigenvalue weighted by Crippen LogP contribution is -2.14. The van der Waals surface area contributed by atoms with E-state index < -0.39 is 6.04 Å². The second-order valence-electron chi connectivity index (χ2n) is 3.45. The van der Waals surface area contributed by atoms with Crippen molar-refractivity contribution < 1.29 is 19.8 Å². The minimum atomic E-state index is -0.734. The Morgan fingerprint density at radius 2 is 2.06 bits per heavy atom. The molecule has 0 saturated carbocycles. The molecule has 17 heavy (non-hydrogen) atoms. The first kappa shape index (κ1) is 11.4. The van der Waals surface area contributed by atoms with Gasteiger partial charge in [-0.1, -0.05) is 5.16 Å². The first-order chi connectivity index (χ1) is 8.11. The molecule has 1 atom stereocenters. The average molecular weight is 237 g/mol. The van der Waals surface area contributed by atoms with Gasteiger partial charge in [-0.15, -0.1) is 0 Å². The fourth-order valence-electron chi connectivity index (χ4n) is 1.24. The van der Waals surface area contributed by atoms with Gasteiger partial charge in [0.2, 0.25) is 11.7 Å². The zero-order chi connectivity index (χ0) is 12.4. The van der Waals surface area contributed by atoms with E-state index >= 15 is 0 Å². The zero-order valence-electron chi connectivity index (χ0n) is 8.74. The summed E-state index contributed by atoms with van der Waals surface area (Å²) in [5.74, 6) is -0.181. The Morgan fingerprint density at radius 3 is 2.71 bits per heavy atom. The van der Waals surface area contributed by atoms with Crippen molar-refractivity contribution in [1.82, 2.24) is 10.1 Å². The number of nitrogens with zero attached hydrogens (tertiary/aromatic N) is 2. The molecule has 7 nitrogen and oxygen atoms in total. The average Bonchev–Trinajstić information content (AvgIpc) is 2.81. The van der Waals surface area contributed by atoms with Crippen molar-refractivity contribution in [2.75, 3.05) is 6.61 Å². The second kappa shape index (κ2) is 4.40. The maximum Gasteiger partial charge on any atom is 0.246 e. The number of aliphatic hydroxyl groups is 1. The molecule has 1 unspecified atom stereocenters. The van der Waals surface area contributed by atoms with Crippen LogP contribution in [0.15, 0.2) is 22.7 Å². The highest BCUT2D eigenvalue weighted by Gasteiger charge is 2.15. The minimum absolute atomic E-state index is 0.107. The van der Waals surface area contributed by atoms with Crippen LogP contribution < -0.4 is 5.73 Å². The molecule has 1 heterocycles. The number of aliphatic hydroxyl groups excluding tert-OH is 1. The van der Waals surface area contributed by atoms with Crippen LogP contribution in [-0.4, -0.2) is 32.1 Å². The lowest BCUT2D eigenvalue weighted by Gasteiger charge is -1.99. The van der Waals surface area contributed by atoms with Gasteiger partial charge >= 0.3 is 0 Å². The molecule has 0 bridgehead atoms. The smallest absolute Gasteiger partial charge is 0.246 e. The van der Waals surface area contributed by atoms with Crippen LogP contribution in [0, 0.1) is 0 Å². The van der Waals surface area contributed by atoms with Gasteiger partial charge in [-0.25, -0.2) is 0 Å². The Labute approximate surface area is 96.1 Å². The Morgan fingerprint density at radius 1 is 1.29 bits per heavy atom. The van der Waals surface area contributed by atoms with Crippen LogP contribution in [0.5, 0.6) is 11.5 Å². The van der Waals surface area contributed by atoms with Crippen molar-refractivity contribution in [2.45, 2.75) is 6.04 Å². The third-order valence-electron chi connectivity index (χ3n) is 2.19. The summed E-state index contributed by atoms with van der Waals surface area (Å²) in [6.45, 7) is -0.303. The van der Waals surface area contributed by atoms with E-state index in [4.69, 9.17) is 20.5 Å². The van der Waals surface area contributed by atoms with Crippen LogP contribution >= 0.6 is 0 Å². The van der Waals surface area contributed by atoms with Gasteiger partial charge < -0.3 is 25.6 Å². The van der Waals surface area contributed by atoms with Gasteiger partial charge in [0.15, 0.2) is 11.5 Å².